The molecule has 3 heterocycles. The summed E-state index contributed by atoms with van der Waals surface area (Å²) >= 11 is 1.80. The fourth-order valence-corrected chi connectivity index (χ4v) is 4.40. The van der Waals surface area contributed by atoms with Crippen LogP contribution in [0.2, 0.25) is 0 Å². The lowest BCUT2D eigenvalue weighted by atomic mass is 10.2. The van der Waals surface area contributed by atoms with Gasteiger partial charge in [-0.15, -0.1) is 11.3 Å². The first-order valence-corrected chi connectivity index (χ1v) is 10.6. The van der Waals surface area contributed by atoms with Crippen LogP contribution in [0.15, 0.2) is 6.07 Å². The van der Waals surface area contributed by atoms with Crippen LogP contribution in [0.4, 0.5) is 5.82 Å². The maximum Gasteiger partial charge on any atom is 0.152 e. The average molecular weight is 374 g/mol. The molecule has 5 nitrogen and oxygen atoms in total. The summed E-state index contributed by atoms with van der Waals surface area (Å²) in [4.78, 5) is 10.8. The minimum absolute atomic E-state index is 0.545. The quantitative estimate of drug-likeness (QED) is 0.535. The van der Waals surface area contributed by atoms with Crippen LogP contribution in [0, 0.1) is 6.92 Å². The van der Waals surface area contributed by atoms with Gasteiger partial charge in [0.25, 0.3) is 0 Å². The Morgan fingerprint density at radius 1 is 1.23 bits per heavy atom. The number of nitrogen functional groups attached to an aromatic ring is 1. The molecule has 0 bridgehead atoms. The first-order chi connectivity index (χ1) is 12.5. The van der Waals surface area contributed by atoms with Crippen LogP contribution in [0.25, 0.3) is 21.3 Å². The summed E-state index contributed by atoms with van der Waals surface area (Å²) in [7, 11) is 0. The number of imidazole rings is 1. The van der Waals surface area contributed by atoms with Crippen molar-refractivity contribution in [3.63, 3.8) is 0 Å². The van der Waals surface area contributed by atoms with Crippen LogP contribution >= 0.6 is 11.3 Å². The summed E-state index contributed by atoms with van der Waals surface area (Å²) < 4.78 is 3.64. The highest BCUT2D eigenvalue weighted by molar-refractivity contribution is 7.19. The highest BCUT2D eigenvalue weighted by atomic mass is 32.1. The molecule has 0 amide bonds. The van der Waals surface area contributed by atoms with E-state index in [4.69, 9.17) is 10.7 Å². The van der Waals surface area contributed by atoms with Crippen molar-refractivity contribution < 1.29 is 0 Å². The molecule has 3 N–H and O–H groups in total. The molecule has 142 valence electrons. The molecule has 0 aliphatic rings. The number of aromatic nitrogens is 3. The summed E-state index contributed by atoms with van der Waals surface area (Å²) in [6, 6.07) is 2.68. The van der Waals surface area contributed by atoms with E-state index in [1.807, 2.05) is 0 Å². The zero-order chi connectivity index (χ0) is 18.7. The van der Waals surface area contributed by atoms with E-state index in [1.165, 1.54) is 21.5 Å². The Morgan fingerprint density at radius 2 is 2.04 bits per heavy atom. The molecule has 0 atom stereocenters. The van der Waals surface area contributed by atoms with Crippen molar-refractivity contribution in [2.45, 2.75) is 72.4 Å². The zero-order valence-corrected chi connectivity index (χ0v) is 17.2. The lowest BCUT2D eigenvalue weighted by molar-refractivity contribution is 0.527. The Balaban J connectivity index is 1.96. The molecule has 0 radical (unpaired) electrons. The molecule has 0 aromatic carbocycles. The van der Waals surface area contributed by atoms with Gasteiger partial charge in [-0.1, -0.05) is 27.2 Å². The van der Waals surface area contributed by atoms with Crippen LogP contribution < -0.4 is 11.1 Å². The molecule has 0 fully saturated rings. The topological polar surface area (TPSA) is 68.8 Å². The third kappa shape index (κ3) is 4.01. The van der Waals surface area contributed by atoms with E-state index in [1.54, 1.807) is 11.3 Å². The zero-order valence-electron chi connectivity index (χ0n) is 16.4. The monoisotopic (exact) mass is 373 g/mol. The Hall–Kier alpha value is -1.66. The number of pyridine rings is 1. The maximum absolute atomic E-state index is 6.26. The number of aryl methyl sites for hydroxylation is 3. The van der Waals surface area contributed by atoms with E-state index in [-0.39, 0.29) is 0 Å². The second kappa shape index (κ2) is 8.35. The van der Waals surface area contributed by atoms with Crippen LogP contribution in [0.5, 0.6) is 0 Å². The molecule has 0 unspecified atom stereocenters. The van der Waals surface area contributed by atoms with Gasteiger partial charge in [0.05, 0.1) is 15.7 Å². The number of fused-ring (bicyclic) bond motifs is 3. The molecule has 26 heavy (non-hydrogen) atoms. The predicted octanol–water partition coefficient (Wildman–Crippen LogP) is 4.66. The highest BCUT2D eigenvalue weighted by Crippen LogP contribution is 2.34. The van der Waals surface area contributed by atoms with Crippen molar-refractivity contribution in [2.24, 2.45) is 0 Å². The second-order valence-electron chi connectivity index (χ2n) is 7.36. The van der Waals surface area contributed by atoms with E-state index >= 15 is 0 Å². The minimum atomic E-state index is 0.545. The Labute approximate surface area is 160 Å². The molecule has 0 saturated heterocycles. The van der Waals surface area contributed by atoms with Gasteiger partial charge in [-0.05, 0) is 38.8 Å². The standard InChI is InChI=1S/C20H31N5S/c1-5-6-9-16-24-17-18(25(16)11-8-7-10-22-13(2)3)19-15(23-20(17)21)12-14(4)26-19/h12-13,22H,5-11H2,1-4H3,(H2,21,23). The fraction of sp³-hybridized carbons (Fsp3) is 0.600. The third-order valence-electron chi connectivity index (χ3n) is 4.70. The number of nitrogens with two attached hydrogens (primary N) is 1. The lowest BCUT2D eigenvalue weighted by Gasteiger charge is -2.11. The van der Waals surface area contributed by atoms with Gasteiger partial charge in [-0.2, -0.15) is 0 Å². The number of hydrogen-bond acceptors (Lipinski definition) is 5. The lowest BCUT2D eigenvalue weighted by Crippen LogP contribution is -2.23. The highest BCUT2D eigenvalue weighted by Gasteiger charge is 2.18. The molecule has 0 aliphatic carbocycles. The smallest absolute Gasteiger partial charge is 0.152 e. The first kappa shape index (κ1) is 19.1. The van der Waals surface area contributed by atoms with Gasteiger partial charge in [0, 0.05) is 23.9 Å². The number of nitrogens with one attached hydrogen (secondary N) is 1. The number of hydrogen-bond donors (Lipinski definition) is 2. The Kier molecular flexibility index (Phi) is 6.14. The molecule has 0 saturated carbocycles. The van der Waals surface area contributed by atoms with Crippen LogP contribution in [0.1, 0.15) is 57.2 Å². The molecular weight excluding hydrogens is 342 g/mol. The third-order valence-corrected chi connectivity index (χ3v) is 5.74. The van der Waals surface area contributed by atoms with Crippen molar-refractivity contribution in [1.82, 2.24) is 19.9 Å². The summed E-state index contributed by atoms with van der Waals surface area (Å²) in [5, 5.41) is 3.50. The maximum atomic E-state index is 6.26. The van der Waals surface area contributed by atoms with E-state index in [0.717, 1.165) is 55.6 Å². The second-order valence-corrected chi connectivity index (χ2v) is 8.62. The van der Waals surface area contributed by atoms with Crippen molar-refractivity contribution in [3.8, 4) is 0 Å². The minimum Gasteiger partial charge on any atom is -0.382 e. The van der Waals surface area contributed by atoms with Gasteiger partial charge in [-0.25, -0.2) is 9.97 Å². The van der Waals surface area contributed by atoms with Gasteiger partial charge in [0.1, 0.15) is 11.3 Å². The molecule has 0 aliphatic heterocycles. The Bertz CT molecular complexity index is 877. The molecule has 6 heteroatoms. The number of anilines is 1. The summed E-state index contributed by atoms with van der Waals surface area (Å²) in [5.41, 5.74) is 9.33. The number of thiophene rings is 1. The summed E-state index contributed by atoms with van der Waals surface area (Å²) in [5.74, 6) is 1.72. The molecule has 3 aromatic heterocycles. The largest absolute Gasteiger partial charge is 0.382 e. The van der Waals surface area contributed by atoms with E-state index in [9.17, 15) is 0 Å². The van der Waals surface area contributed by atoms with Crippen molar-refractivity contribution in [2.75, 3.05) is 12.3 Å². The van der Waals surface area contributed by atoms with Crippen molar-refractivity contribution in [3.05, 3.63) is 16.8 Å². The SMILES string of the molecule is CCCCc1nc2c(N)nc3cc(C)sc3c2n1CCCCNC(C)C. The predicted molar refractivity (Wildman–Crippen MR) is 113 cm³/mol. The van der Waals surface area contributed by atoms with Crippen LogP contribution in [-0.2, 0) is 13.0 Å². The average Bonchev–Trinajstić information content (AvgIpc) is 3.12. The van der Waals surface area contributed by atoms with Crippen LogP contribution in [0.3, 0.4) is 0 Å². The molecule has 0 spiro atoms. The number of nitrogens with zero attached hydrogens (tertiary/aromatic N) is 3. The van der Waals surface area contributed by atoms with Gasteiger partial charge >= 0.3 is 0 Å². The van der Waals surface area contributed by atoms with Crippen molar-refractivity contribution >= 4 is 38.4 Å². The Morgan fingerprint density at radius 3 is 2.77 bits per heavy atom. The van der Waals surface area contributed by atoms with E-state index in [2.05, 4.69) is 48.6 Å². The first-order valence-electron chi connectivity index (χ1n) is 9.79. The van der Waals surface area contributed by atoms with Crippen molar-refractivity contribution in [1.29, 1.82) is 0 Å². The van der Waals surface area contributed by atoms with Crippen LogP contribution in [-0.4, -0.2) is 27.1 Å². The number of unbranched alkanes of at least 4 members (excludes halogenated alkanes) is 2. The van der Waals surface area contributed by atoms with Gasteiger partial charge in [-0.3, -0.25) is 0 Å². The van der Waals surface area contributed by atoms with Gasteiger partial charge in [0.2, 0.25) is 0 Å². The summed E-state index contributed by atoms with van der Waals surface area (Å²) in [6.45, 7) is 10.8. The molecular formula is C20H31N5S. The molecule has 3 rings (SSSR count). The summed E-state index contributed by atoms with van der Waals surface area (Å²) in [6.07, 6.45) is 5.62. The fourth-order valence-electron chi connectivity index (χ4n) is 3.40. The van der Waals surface area contributed by atoms with Gasteiger partial charge in [0.15, 0.2) is 5.82 Å². The molecule has 3 aromatic rings. The van der Waals surface area contributed by atoms with E-state index < -0.39 is 0 Å². The van der Waals surface area contributed by atoms with E-state index in [0.29, 0.717) is 11.9 Å². The number of rotatable bonds is 9. The normalized spacial score (nSPS) is 12.0. The van der Waals surface area contributed by atoms with Gasteiger partial charge < -0.3 is 15.6 Å².